The van der Waals surface area contributed by atoms with Crippen molar-refractivity contribution in [2.24, 2.45) is 0 Å². The number of sulfonamides is 1. The van der Waals surface area contributed by atoms with Gasteiger partial charge in [0.1, 0.15) is 0 Å². The van der Waals surface area contributed by atoms with Crippen LogP contribution in [0.15, 0.2) is 60.0 Å². The lowest BCUT2D eigenvalue weighted by molar-refractivity contribution is 0.401. The zero-order valence-electron chi connectivity index (χ0n) is 13.4. The smallest absolute Gasteiger partial charge is 0.234 e. The molecule has 0 aliphatic carbocycles. The minimum atomic E-state index is -3.47. The van der Waals surface area contributed by atoms with Crippen molar-refractivity contribution in [3.63, 3.8) is 0 Å². The zero-order valence-corrected chi connectivity index (χ0v) is 14.3. The fraction of sp³-hybridized carbons (Fsp3) is 0.222. The second kappa shape index (κ2) is 8.06. The van der Waals surface area contributed by atoms with Gasteiger partial charge in [0.15, 0.2) is 0 Å². The molecule has 122 valence electrons. The summed E-state index contributed by atoms with van der Waals surface area (Å²) in [6, 6.07) is 17.2. The van der Waals surface area contributed by atoms with Gasteiger partial charge in [-0.1, -0.05) is 54.6 Å². The molecule has 0 heterocycles. The molecule has 0 bridgehead atoms. The lowest BCUT2D eigenvalue weighted by Gasteiger charge is -2.14. The maximum absolute atomic E-state index is 12.1. The van der Waals surface area contributed by atoms with Gasteiger partial charge in [-0.25, -0.2) is 13.1 Å². The molecule has 1 N–H and O–H groups in total. The first-order valence-electron chi connectivity index (χ1n) is 7.40. The molecule has 23 heavy (non-hydrogen) atoms. The van der Waals surface area contributed by atoms with Crippen LogP contribution in [0.1, 0.15) is 16.7 Å². The molecule has 0 fully saturated rings. The highest BCUT2D eigenvalue weighted by atomic mass is 32.2. The van der Waals surface area contributed by atoms with Crippen molar-refractivity contribution >= 4 is 16.1 Å². The minimum Gasteiger partial charge on any atom is -0.305 e. The SMILES string of the molecule is CN(C)Cc1ccccc1CNS(=O)(=O)/C=C/c1ccccc1. The average molecular weight is 330 g/mol. The third-order valence-corrected chi connectivity index (χ3v) is 4.35. The number of nitrogens with one attached hydrogen (secondary N) is 1. The van der Waals surface area contributed by atoms with Crippen molar-refractivity contribution < 1.29 is 8.42 Å². The highest BCUT2D eigenvalue weighted by Gasteiger charge is 2.08. The zero-order chi connectivity index (χ0) is 16.7. The largest absolute Gasteiger partial charge is 0.305 e. The summed E-state index contributed by atoms with van der Waals surface area (Å²) in [4.78, 5) is 2.06. The lowest BCUT2D eigenvalue weighted by Crippen LogP contribution is -2.22. The lowest BCUT2D eigenvalue weighted by atomic mass is 10.1. The fourth-order valence-corrected chi connectivity index (χ4v) is 2.97. The van der Waals surface area contributed by atoms with Crippen LogP contribution in [0.4, 0.5) is 0 Å². The average Bonchev–Trinajstić information content (AvgIpc) is 2.53. The number of benzene rings is 2. The Morgan fingerprint density at radius 2 is 1.57 bits per heavy atom. The summed E-state index contributed by atoms with van der Waals surface area (Å²) in [5, 5.41) is 1.21. The van der Waals surface area contributed by atoms with Crippen LogP contribution in [0, 0.1) is 0 Å². The van der Waals surface area contributed by atoms with E-state index in [1.165, 1.54) is 5.41 Å². The predicted molar refractivity (Wildman–Crippen MR) is 95.1 cm³/mol. The van der Waals surface area contributed by atoms with E-state index in [-0.39, 0.29) is 6.54 Å². The van der Waals surface area contributed by atoms with Gasteiger partial charge < -0.3 is 4.90 Å². The van der Waals surface area contributed by atoms with E-state index in [1.54, 1.807) is 6.08 Å². The van der Waals surface area contributed by atoms with Gasteiger partial charge in [-0.2, -0.15) is 0 Å². The van der Waals surface area contributed by atoms with Gasteiger partial charge in [0.05, 0.1) is 0 Å². The standard InChI is InChI=1S/C18H22N2O2S/c1-20(2)15-18-11-7-6-10-17(18)14-19-23(21,22)13-12-16-8-4-3-5-9-16/h3-13,19H,14-15H2,1-2H3/b13-12+. The van der Waals surface area contributed by atoms with Gasteiger partial charge in [0.25, 0.3) is 0 Å². The van der Waals surface area contributed by atoms with Crippen LogP contribution in [0.25, 0.3) is 6.08 Å². The first-order valence-corrected chi connectivity index (χ1v) is 8.95. The van der Waals surface area contributed by atoms with Crippen molar-refractivity contribution in [3.05, 3.63) is 76.7 Å². The summed E-state index contributed by atoms with van der Waals surface area (Å²) >= 11 is 0. The molecule has 2 rings (SSSR count). The number of rotatable bonds is 7. The van der Waals surface area contributed by atoms with Gasteiger partial charge in [0, 0.05) is 18.5 Å². The van der Waals surface area contributed by atoms with Gasteiger partial charge in [-0.05, 0) is 36.9 Å². The van der Waals surface area contributed by atoms with Crippen LogP contribution >= 0.6 is 0 Å². The molecular formula is C18H22N2O2S. The second-order valence-corrected chi connectivity index (χ2v) is 7.24. The summed E-state index contributed by atoms with van der Waals surface area (Å²) in [7, 11) is 0.512. The molecule has 0 unspecified atom stereocenters. The van der Waals surface area contributed by atoms with Crippen LogP contribution < -0.4 is 4.72 Å². The topological polar surface area (TPSA) is 49.4 Å². The Kier molecular flexibility index (Phi) is 6.10. The summed E-state index contributed by atoms with van der Waals surface area (Å²) in [5.74, 6) is 0. The minimum absolute atomic E-state index is 0.283. The molecule has 0 saturated heterocycles. The molecule has 0 atom stereocenters. The van der Waals surface area contributed by atoms with Crippen molar-refractivity contribution in [2.75, 3.05) is 14.1 Å². The van der Waals surface area contributed by atoms with E-state index >= 15 is 0 Å². The van der Waals surface area contributed by atoms with Gasteiger partial charge in [-0.3, -0.25) is 0 Å². The quantitative estimate of drug-likeness (QED) is 0.849. The third kappa shape index (κ3) is 5.98. The summed E-state index contributed by atoms with van der Waals surface area (Å²) < 4.78 is 26.8. The normalized spacial score (nSPS) is 12.1. The van der Waals surface area contributed by atoms with E-state index in [0.717, 1.165) is 23.2 Å². The molecule has 2 aromatic rings. The monoisotopic (exact) mass is 330 g/mol. The predicted octanol–water partition coefficient (Wildman–Crippen LogP) is 2.84. The molecule has 0 amide bonds. The number of hydrogen-bond donors (Lipinski definition) is 1. The van der Waals surface area contributed by atoms with Crippen molar-refractivity contribution in [1.82, 2.24) is 9.62 Å². The fourth-order valence-electron chi connectivity index (χ4n) is 2.18. The molecule has 0 radical (unpaired) electrons. The Bertz CT molecular complexity index is 754. The maximum atomic E-state index is 12.1. The van der Waals surface area contributed by atoms with Crippen LogP contribution in [0.2, 0.25) is 0 Å². The highest BCUT2D eigenvalue weighted by molar-refractivity contribution is 7.92. The Labute approximate surface area is 138 Å². The Morgan fingerprint density at radius 1 is 0.957 bits per heavy atom. The van der Waals surface area contributed by atoms with Crippen molar-refractivity contribution in [2.45, 2.75) is 13.1 Å². The molecule has 0 aliphatic heterocycles. The number of nitrogens with zero attached hydrogens (tertiary/aromatic N) is 1. The third-order valence-electron chi connectivity index (χ3n) is 3.31. The van der Waals surface area contributed by atoms with E-state index in [1.807, 2.05) is 68.7 Å². The molecule has 0 spiro atoms. The maximum Gasteiger partial charge on any atom is 0.234 e. The van der Waals surface area contributed by atoms with E-state index in [0.29, 0.717) is 0 Å². The van der Waals surface area contributed by atoms with E-state index < -0.39 is 10.0 Å². The molecule has 0 aromatic heterocycles. The molecule has 2 aromatic carbocycles. The first kappa shape index (κ1) is 17.4. The summed E-state index contributed by atoms with van der Waals surface area (Å²) in [6.07, 6.45) is 1.59. The Balaban J connectivity index is 2.04. The molecule has 5 heteroatoms. The molecule has 0 aliphatic rings. The Hall–Kier alpha value is -1.95. The van der Waals surface area contributed by atoms with Crippen molar-refractivity contribution in [3.8, 4) is 0 Å². The van der Waals surface area contributed by atoms with Crippen molar-refractivity contribution in [1.29, 1.82) is 0 Å². The Morgan fingerprint density at radius 3 is 2.22 bits per heavy atom. The van der Waals surface area contributed by atoms with E-state index in [2.05, 4.69) is 9.62 Å². The number of hydrogen-bond acceptors (Lipinski definition) is 3. The first-order chi connectivity index (χ1) is 11.0. The summed E-state index contributed by atoms with van der Waals surface area (Å²) in [5.41, 5.74) is 2.95. The van der Waals surface area contributed by atoms with Gasteiger partial charge in [0.2, 0.25) is 10.0 Å². The summed E-state index contributed by atoms with van der Waals surface area (Å²) in [6.45, 7) is 1.06. The van der Waals surface area contributed by atoms with Crippen LogP contribution in [0.3, 0.4) is 0 Å². The van der Waals surface area contributed by atoms with Crippen LogP contribution in [-0.2, 0) is 23.1 Å². The highest BCUT2D eigenvalue weighted by Crippen LogP contribution is 2.11. The van der Waals surface area contributed by atoms with E-state index in [9.17, 15) is 8.42 Å². The molecular weight excluding hydrogens is 308 g/mol. The molecule has 0 saturated carbocycles. The van der Waals surface area contributed by atoms with Gasteiger partial charge in [-0.15, -0.1) is 0 Å². The van der Waals surface area contributed by atoms with Crippen LogP contribution in [0.5, 0.6) is 0 Å². The van der Waals surface area contributed by atoms with Gasteiger partial charge >= 0.3 is 0 Å². The second-order valence-electron chi connectivity index (χ2n) is 5.59. The van der Waals surface area contributed by atoms with E-state index in [4.69, 9.17) is 0 Å². The molecule has 4 nitrogen and oxygen atoms in total. The van der Waals surface area contributed by atoms with Crippen LogP contribution in [-0.4, -0.2) is 27.4 Å².